The van der Waals surface area contributed by atoms with Crippen molar-refractivity contribution in [2.75, 3.05) is 36.0 Å². The van der Waals surface area contributed by atoms with Gasteiger partial charge in [-0.25, -0.2) is 18.5 Å². The highest BCUT2D eigenvalue weighted by Gasteiger charge is 2.22. The molecule has 0 amide bonds. The van der Waals surface area contributed by atoms with Gasteiger partial charge in [0.1, 0.15) is 18.0 Å². The van der Waals surface area contributed by atoms with Crippen LogP contribution >= 0.6 is 0 Å². The molecule has 1 fully saturated rings. The van der Waals surface area contributed by atoms with Crippen LogP contribution in [0.5, 0.6) is 0 Å². The lowest BCUT2D eigenvalue weighted by molar-refractivity contribution is 0.597. The fourth-order valence-corrected chi connectivity index (χ4v) is 3.49. The second-order valence-electron chi connectivity index (χ2n) is 5.80. The summed E-state index contributed by atoms with van der Waals surface area (Å²) in [4.78, 5) is 8.25. The van der Waals surface area contributed by atoms with Crippen molar-refractivity contribution in [1.82, 2.24) is 4.98 Å². The van der Waals surface area contributed by atoms with Crippen molar-refractivity contribution < 1.29 is 8.42 Å². The van der Waals surface area contributed by atoms with Gasteiger partial charge in [-0.05, 0) is 30.3 Å². The Hall–Kier alpha value is -3.14. The van der Waals surface area contributed by atoms with E-state index in [1.165, 1.54) is 12.1 Å². The molecule has 0 aliphatic carbocycles. The van der Waals surface area contributed by atoms with Crippen LogP contribution in [0.15, 0.2) is 41.4 Å². The minimum atomic E-state index is -3.85. The molecule has 8 nitrogen and oxygen atoms in total. The number of nitrogens with zero attached hydrogens (tertiary/aromatic N) is 5. The number of piperazine rings is 1. The van der Waals surface area contributed by atoms with E-state index in [4.69, 9.17) is 5.14 Å². The topological polar surface area (TPSA) is 127 Å². The largest absolute Gasteiger partial charge is 0.367 e. The van der Waals surface area contributed by atoms with E-state index in [2.05, 4.69) is 11.1 Å². The molecule has 2 N–H and O–H groups in total. The highest BCUT2D eigenvalue weighted by Crippen LogP contribution is 2.26. The summed E-state index contributed by atoms with van der Waals surface area (Å²) in [6.07, 6.45) is 1.66. The number of primary sulfonamides is 1. The number of nitrogens with two attached hydrogens (primary N) is 1. The van der Waals surface area contributed by atoms with Crippen LogP contribution in [0.25, 0.3) is 0 Å². The van der Waals surface area contributed by atoms with Crippen LogP contribution < -0.4 is 14.9 Å². The lowest BCUT2D eigenvalue weighted by Gasteiger charge is -2.37. The molecule has 9 heteroatoms. The van der Waals surface area contributed by atoms with Crippen molar-refractivity contribution in [1.29, 1.82) is 10.5 Å². The number of rotatable bonds is 3. The molecule has 1 aromatic carbocycles. The van der Waals surface area contributed by atoms with Crippen molar-refractivity contribution in [3.63, 3.8) is 0 Å². The molecule has 0 radical (unpaired) electrons. The number of hydrogen-bond acceptors (Lipinski definition) is 7. The predicted octanol–water partition coefficient (Wildman–Crippen LogP) is 0.799. The lowest BCUT2D eigenvalue weighted by Crippen LogP contribution is -2.47. The molecule has 0 atom stereocenters. The summed E-state index contributed by atoms with van der Waals surface area (Å²) < 4.78 is 22.9. The number of benzene rings is 1. The first kappa shape index (κ1) is 17.7. The number of nitriles is 2. The Morgan fingerprint density at radius 1 is 1.00 bits per heavy atom. The van der Waals surface area contributed by atoms with Gasteiger partial charge in [0.15, 0.2) is 0 Å². The summed E-state index contributed by atoms with van der Waals surface area (Å²) in [6.45, 7) is 2.50. The van der Waals surface area contributed by atoms with Gasteiger partial charge in [-0.3, -0.25) is 0 Å². The third kappa shape index (κ3) is 3.45. The fraction of sp³-hybridized carbons (Fsp3) is 0.235. The molecule has 132 valence electrons. The van der Waals surface area contributed by atoms with E-state index in [-0.39, 0.29) is 10.5 Å². The average molecular weight is 368 g/mol. The first-order chi connectivity index (χ1) is 12.4. The molecule has 26 heavy (non-hydrogen) atoms. The summed E-state index contributed by atoms with van der Waals surface area (Å²) in [7, 11) is -3.85. The summed E-state index contributed by atoms with van der Waals surface area (Å²) in [5.41, 5.74) is 1.46. The second kappa shape index (κ2) is 7.00. The predicted molar refractivity (Wildman–Crippen MR) is 95.9 cm³/mol. The Labute approximate surface area is 151 Å². The van der Waals surface area contributed by atoms with Crippen LogP contribution in [0, 0.1) is 22.7 Å². The van der Waals surface area contributed by atoms with Crippen molar-refractivity contribution >= 4 is 21.5 Å². The maximum atomic E-state index is 11.5. The van der Waals surface area contributed by atoms with Gasteiger partial charge in [0.05, 0.1) is 21.7 Å². The Bertz CT molecular complexity index is 1010. The van der Waals surface area contributed by atoms with E-state index in [1.807, 2.05) is 15.9 Å². The quantitative estimate of drug-likeness (QED) is 0.848. The minimum Gasteiger partial charge on any atom is -0.367 e. The molecule has 0 unspecified atom stereocenters. The van der Waals surface area contributed by atoms with Crippen LogP contribution in [0.3, 0.4) is 0 Å². The molecule has 2 heterocycles. The molecule has 0 bridgehead atoms. The van der Waals surface area contributed by atoms with Crippen molar-refractivity contribution in [2.24, 2.45) is 5.14 Å². The Kier molecular flexibility index (Phi) is 4.76. The van der Waals surface area contributed by atoms with Crippen molar-refractivity contribution in [3.8, 4) is 12.1 Å². The van der Waals surface area contributed by atoms with Gasteiger partial charge in [-0.15, -0.1) is 0 Å². The van der Waals surface area contributed by atoms with E-state index in [1.54, 1.807) is 24.4 Å². The minimum absolute atomic E-state index is 0.0800. The maximum absolute atomic E-state index is 11.5. The van der Waals surface area contributed by atoms with Gasteiger partial charge in [0.25, 0.3) is 0 Å². The molecule has 1 aliphatic rings. The summed E-state index contributed by atoms with van der Waals surface area (Å²) >= 11 is 0. The number of pyridine rings is 1. The summed E-state index contributed by atoms with van der Waals surface area (Å²) in [5.74, 6) is 0.653. The number of anilines is 2. The third-order valence-corrected chi connectivity index (χ3v) is 5.16. The molecule has 1 aromatic heterocycles. The van der Waals surface area contributed by atoms with Crippen LogP contribution in [-0.2, 0) is 10.0 Å². The lowest BCUT2D eigenvalue weighted by atomic mass is 10.1. The standard InChI is InChI=1S/C17H16N6O2S/c18-11-13-2-1-5-21-17(13)23-8-6-22(7-9-23)16-4-3-15(26(20,24)25)10-14(16)12-19/h1-5,10H,6-9H2,(H2,20,24,25). The molecule has 0 spiro atoms. The summed E-state index contributed by atoms with van der Waals surface area (Å²) in [6, 6.07) is 11.9. The molecular weight excluding hydrogens is 352 g/mol. The van der Waals surface area contributed by atoms with E-state index in [0.717, 1.165) is 0 Å². The fourth-order valence-electron chi connectivity index (χ4n) is 2.95. The first-order valence-corrected chi connectivity index (χ1v) is 9.40. The van der Waals surface area contributed by atoms with Gasteiger partial charge in [-0.1, -0.05) is 0 Å². The highest BCUT2D eigenvalue weighted by molar-refractivity contribution is 7.89. The molecular formula is C17H16N6O2S. The molecule has 0 saturated carbocycles. The molecule has 1 aliphatic heterocycles. The number of hydrogen-bond donors (Lipinski definition) is 1. The van der Waals surface area contributed by atoms with Gasteiger partial charge in [0.2, 0.25) is 10.0 Å². The van der Waals surface area contributed by atoms with Crippen LogP contribution in [-0.4, -0.2) is 39.6 Å². The van der Waals surface area contributed by atoms with Crippen LogP contribution in [0.4, 0.5) is 11.5 Å². The van der Waals surface area contributed by atoms with Crippen molar-refractivity contribution in [3.05, 3.63) is 47.7 Å². The van der Waals surface area contributed by atoms with Gasteiger partial charge in [-0.2, -0.15) is 10.5 Å². The average Bonchev–Trinajstić information content (AvgIpc) is 2.67. The van der Waals surface area contributed by atoms with E-state index in [9.17, 15) is 18.9 Å². The van der Waals surface area contributed by atoms with Gasteiger partial charge in [0, 0.05) is 32.4 Å². The SMILES string of the molecule is N#Cc1cc(S(N)(=O)=O)ccc1N1CCN(c2ncccc2C#N)CC1. The Balaban J connectivity index is 1.81. The summed E-state index contributed by atoms with van der Waals surface area (Å²) in [5, 5.41) is 23.7. The zero-order valence-electron chi connectivity index (χ0n) is 13.8. The molecule has 1 saturated heterocycles. The molecule has 3 rings (SSSR count). The third-order valence-electron chi connectivity index (χ3n) is 4.24. The number of sulfonamides is 1. The van der Waals surface area contributed by atoms with E-state index < -0.39 is 10.0 Å². The monoisotopic (exact) mass is 368 g/mol. The zero-order chi connectivity index (χ0) is 18.7. The van der Waals surface area contributed by atoms with Crippen molar-refractivity contribution in [2.45, 2.75) is 4.90 Å². The highest BCUT2D eigenvalue weighted by atomic mass is 32.2. The smallest absolute Gasteiger partial charge is 0.238 e. The van der Waals surface area contributed by atoms with Gasteiger partial charge < -0.3 is 9.80 Å². The van der Waals surface area contributed by atoms with Crippen LogP contribution in [0.1, 0.15) is 11.1 Å². The van der Waals surface area contributed by atoms with E-state index in [0.29, 0.717) is 43.2 Å². The Morgan fingerprint density at radius 3 is 2.27 bits per heavy atom. The Morgan fingerprint density at radius 2 is 1.65 bits per heavy atom. The van der Waals surface area contributed by atoms with Gasteiger partial charge >= 0.3 is 0 Å². The first-order valence-electron chi connectivity index (χ1n) is 7.86. The van der Waals surface area contributed by atoms with Crippen LogP contribution in [0.2, 0.25) is 0 Å². The second-order valence-corrected chi connectivity index (χ2v) is 7.36. The number of aromatic nitrogens is 1. The molecule has 2 aromatic rings. The zero-order valence-corrected chi connectivity index (χ0v) is 14.6. The maximum Gasteiger partial charge on any atom is 0.238 e. The normalized spacial score (nSPS) is 14.6. The van der Waals surface area contributed by atoms with E-state index >= 15 is 0 Å².